The quantitative estimate of drug-likeness (QED) is 0.753. The monoisotopic (exact) mass is 358 g/mol. The molecule has 1 aliphatic rings. The zero-order valence-electron chi connectivity index (χ0n) is 13.8. The number of hydrogen-bond donors (Lipinski definition) is 1. The van der Waals surface area contributed by atoms with Gasteiger partial charge < -0.3 is 19.2 Å². The van der Waals surface area contributed by atoms with Gasteiger partial charge in [0.15, 0.2) is 5.58 Å². The Morgan fingerprint density at radius 1 is 1.40 bits per heavy atom. The molecule has 0 saturated carbocycles. The number of thiophene rings is 1. The van der Waals surface area contributed by atoms with E-state index < -0.39 is 0 Å². The maximum atomic E-state index is 12.3. The molecule has 1 saturated heterocycles. The van der Waals surface area contributed by atoms with Crippen molar-refractivity contribution in [2.45, 2.75) is 25.5 Å². The number of nitrogens with one attached hydrogen (secondary N) is 1. The Balaban J connectivity index is 1.41. The Hall–Kier alpha value is -2.38. The Labute approximate surface area is 148 Å². The first-order chi connectivity index (χ1) is 12.2. The van der Waals surface area contributed by atoms with Gasteiger partial charge in [-0.15, -0.1) is 11.3 Å². The highest BCUT2D eigenvalue weighted by Crippen LogP contribution is 2.33. The largest absolute Gasteiger partial charge is 0.497 e. The van der Waals surface area contributed by atoms with E-state index in [1.54, 1.807) is 19.2 Å². The molecule has 0 bridgehead atoms. The summed E-state index contributed by atoms with van der Waals surface area (Å²) in [6, 6.07) is 9.24. The maximum absolute atomic E-state index is 12.3. The van der Waals surface area contributed by atoms with E-state index in [4.69, 9.17) is 13.9 Å². The fourth-order valence-electron chi connectivity index (χ4n) is 2.85. The van der Waals surface area contributed by atoms with Crippen LogP contribution in [0.5, 0.6) is 5.75 Å². The van der Waals surface area contributed by atoms with Crippen molar-refractivity contribution in [1.29, 1.82) is 0 Å². The van der Waals surface area contributed by atoms with E-state index in [9.17, 15) is 4.79 Å². The van der Waals surface area contributed by atoms with Crippen molar-refractivity contribution >= 4 is 28.3 Å². The van der Waals surface area contributed by atoms with Crippen molar-refractivity contribution in [1.82, 2.24) is 10.3 Å². The molecule has 1 aromatic carbocycles. The molecule has 4 rings (SSSR count). The van der Waals surface area contributed by atoms with E-state index in [-0.39, 0.29) is 18.6 Å². The van der Waals surface area contributed by atoms with Crippen LogP contribution in [0.3, 0.4) is 0 Å². The summed E-state index contributed by atoms with van der Waals surface area (Å²) in [4.78, 5) is 18.5. The first kappa shape index (κ1) is 16.1. The normalized spacial score (nSPS) is 17.1. The molecule has 1 N–H and O–H groups in total. The predicted octanol–water partition coefficient (Wildman–Crippen LogP) is 3.68. The van der Waals surface area contributed by atoms with Crippen LogP contribution in [0.2, 0.25) is 0 Å². The standard InChI is InChI=1S/C18H18N2O4S/c1-22-11-4-5-13-12(9-11)20-17(24-13)10-19-18(21)16-7-6-15(25-16)14-3-2-8-23-14/h4-7,9,14H,2-3,8,10H2,1H3,(H,19,21)/t14-/m1/s1. The minimum atomic E-state index is -0.130. The molecule has 25 heavy (non-hydrogen) atoms. The summed E-state index contributed by atoms with van der Waals surface area (Å²) < 4.78 is 16.5. The van der Waals surface area contributed by atoms with Gasteiger partial charge in [0.2, 0.25) is 5.89 Å². The molecular formula is C18H18N2O4S. The molecule has 6 nitrogen and oxygen atoms in total. The van der Waals surface area contributed by atoms with E-state index in [0.29, 0.717) is 21.9 Å². The first-order valence-electron chi connectivity index (χ1n) is 8.16. The maximum Gasteiger partial charge on any atom is 0.261 e. The molecule has 3 heterocycles. The lowest BCUT2D eigenvalue weighted by Crippen LogP contribution is -2.21. The number of aromatic nitrogens is 1. The molecule has 130 valence electrons. The van der Waals surface area contributed by atoms with Gasteiger partial charge in [0.1, 0.15) is 11.3 Å². The van der Waals surface area contributed by atoms with Crippen molar-refractivity contribution in [2.75, 3.05) is 13.7 Å². The average Bonchev–Trinajstić information content (AvgIpc) is 3.38. The fourth-order valence-corrected chi connectivity index (χ4v) is 3.86. The van der Waals surface area contributed by atoms with E-state index in [1.165, 1.54) is 11.3 Å². The van der Waals surface area contributed by atoms with Crippen LogP contribution in [0.1, 0.15) is 39.4 Å². The van der Waals surface area contributed by atoms with Gasteiger partial charge in [0.25, 0.3) is 5.91 Å². The zero-order valence-corrected chi connectivity index (χ0v) is 14.6. The van der Waals surface area contributed by atoms with Crippen LogP contribution < -0.4 is 10.1 Å². The van der Waals surface area contributed by atoms with Gasteiger partial charge in [0, 0.05) is 17.6 Å². The second kappa shape index (κ2) is 6.85. The van der Waals surface area contributed by atoms with Crippen LogP contribution in [0, 0.1) is 0 Å². The summed E-state index contributed by atoms with van der Waals surface area (Å²) in [5.74, 6) is 1.05. The van der Waals surface area contributed by atoms with E-state index in [0.717, 1.165) is 30.1 Å². The number of benzene rings is 1. The predicted molar refractivity (Wildman–Crippen MR) is 94.0 cm³/mol. The third-order valence-corrected chi connectivity index (χ3v) is 5.31. The zero-order chi connectivity index (χ0) is 17.2. The van der Waals surface area contributed by atoms with Gasteiger partial charge in [-0.3, -0.25) is 4.79 Å². The molecule has 1 aliphatic heterocycles. The second-order valence-electron chi connectivity index (χ2n) is 5.83. The number of amides is 1. The topological polar surface area (TPSA) is 73.6 Å². The molecule has 0 unspecified atom stereocenters. The van der Waals surface area contributed by atoms with E-state index >= 15 is 0 Å². The summed E-state index contributed by atoms with van der Waals surface area (Å²) in [6.45, 7) is 1.04. The van der Waals surface area contributed by atoms with Gasteiger partial charge in [-0.1, -0.05) is 0 Å². The number of fused-ring (bicyclic) bond motifs is 1. The highest BCUT2D eigenvalue weighted by Gasteiger charge is 2.21. The molecule has 0 aliphatic carbocycles. The summed E-state index contributed by atoms with van der Waals surface area (Å²) in [7, 11) is 1.61. The van der Waals surface area contributed by atoms with Crippen LogP contribution >= 0.6 is 11.3 Å². The van der Waals surface area contributed by atoms with Gasteiger partial charge in [-0.25, -0.2) is 4.98 Å². The third-order valence-electron chi connectivity index (χ3n) is 4.14. The minimum absolute atomic E-state index is 0.130. The van der Waals surface area contributed by atoms with Gasteiger partial charge in [-0.2, -0.15) is 0 Å². The highest BCUT2D eigenvalue weighted by atomic mass is 32.1. The Morgan fingerprint density at radius 3 is 3.12 bits per heavy atom. The Bertz CT molecular complexity index is 896. The molecule has 7 heteroatoms. The summed E-state index contributed by atoms with van der Waals surface area (Å²) >= 11 is 1.48. The number of ether oxygens (including phenoxy) is 2. The lowest BCUT2D eigenvalue weighted by molar-refractivity contribution is 0.0951. The molecular weight excluding hydrogens is 340 g/mol. The average molecular weight is 358 g/mol. The van der Waals surface area contributed by atoms with Crippen LogP contribution in [0.4, 0.5) is 0 Å². The smallest absolute Gasteiger partial charge is 0.261 e. The molecule has 0 radical (unpaired) electrons. The minimum Gasteiger partial charge on any atom is -0.497 e. The van der Waals surface area contributed by atoms with Crippen molar-refractivity contribution < 1.29 is 18.7 Å². The third kappa shape index (κ3) is 3.38. The summed E-state index contributed by atoms with van der Waals surface area (Å²) in [6.07, 6.45) is 2.24. The van der Waals surface area contributed by atoms with Crippen LogP contribution in [-0.4, -0.2) is 24.6 Å². The van der Waals surface area contributed by atoms with Gasteiger partial charge in [0.05, 0.1) is 24.6 Å². The van der Waals surface area contributed by atoms with Crippen molar-refractivity contribution in [3.8, 4) is 5.75 Å². The number of methoxy groups -OCH3 is 1. The SMILES string of the molecule is COc1ccc2oc(CNC(=O)c3ccc([C@H]4CCCO4)s3)nc2c1. The van der Waals surface area contributed by atoms with E-state index in [2.05, 4.69) is 10.3 Å². The second-order valence-corrected chi connectivity index (χ2v) is 6.94. The number of carbonyl (C=O) groups excluding carboxylic acids is 1. The highest BCUT2D eigenvalue weighted by molar-refractivity contribution is 7.14. The Kier molecular flexibility index (Phi) is 4.42. The van der Waals surface area contributed by atoms with E-state index in [1.807, 2.05) is 18.2 Å². The Morgan fingerprint density at radius 2 is 2.32 bits per heavy atom. The number of hydrogen-bond acceptors (Lipinski definition) is 6. The number of nitrogens with zero attached hydrogens (tertiary/aromatic N) is 1. The molecule has 1 amide bonds. The van der Waals surface area contributed by atoms with Crippen molar-refractivity contribution in [3.63, 3.8) is 0 Å². The molecule has 1 atom stereocenters. The number of oxazole rings is 1. The summed E-state index contributed by atoms with van der Waals surface area (Å²) in [5, 5.41) is 2.85. The molecule has 2 aromatic heterocycles. The number of carbonyl (C=O) groups is 1. The van der Waals surface area contributed by atoms with Gasteiger partial charge in [-0.05, 0) is 37.1 Å². The van der Waals surface area contributed by atoms with Gasteiger partial charge >= 0.3 is 0 Å². The van der Waals surface area contributed by atoms with Crippen molar-refractivity contribution in [3.05, 3.63) is 46.0 Å². The van der Waals surface area contributed by atoms with Crippen molar-refractivity contribution in [2.24, 2.45) is 0 Å². The first-order valence-corrected chi connectivity index (χ1v) is 8.97. The number of rotatable bonds is 5. The van der Waals surface area contributed by atoms with Crippen LogP contribution in [0.15, 0.2) is 34.7 Å². The molecule has 1 fully saturated rings. The molecule has 3 aromatic rings. The fraction of sp³-hybridized carbons (Fsp3) is 0.333. The molecule has 0 spiro atoms. The summed E-state index contributed by atoms with van der Waals surface area (Å²) in [5.41, 5.74) is 1.38. The lowest BCUT2D eigenvalue weighted by atomic mass is 10.2. The van der Waals surface area contributed by atoms with Crippen LogP contribution in [0.25, 0.3) is 11.1 Å². The lowest BCUT2D eigenvalue weighted by Gasteiger charge is -2.05. The van der Waals surface area contributed by atoms with Crippen LogP contribution in [-0.2, 0) is 11.3 Å².